The van der Waals surface area contributed by atoms with Gasteiger partial charge in [-0.1, -0.05) is 0 Å². The average molecular weight is 314 g/mol. The molecule has 1 saturated heterocycles. The third kappa shape index (κ3) is 3.00. The lowest BCUT2D eigenvalue weighted by molar-refractivity contribution is -0.144. The zero-order valence-electron chi connectivity index (χ0n) is 10.2. The maximum absolute atomic E-state index is 11.9. The molecule has 0 amide bonds. The van der Waals surface area contributed by atoms with Gasteiger partial charge in [0.05, 0.1) is 6.61 Å². The van der Waals surface area contributed by atoms with Crippen molar-refractivity contribution in [3.05, 3.63) is 22.8 Å². The van der Waals surface area contributed by atoms with Crippen molar-refractivity contribution in [3.8, 4) is 0 Å². The van der Waals surface area contributed by atoms with Crippen molar-refractivity contribution in [2.75, 3.05) is 31.1 Å². The van der Waals surface area contributed by atoms with E-state index in [4.69, 9.17) is 4.74 Å². The first-order chi connectivity index (χ1) is 8.72. The zero-order valence-corrected chi connectivity index (χ0v) is 11.8. The van der Waals surface area contributed by atoms with Crippen LogP contribution in [0.5, 0.6) is 0 Å². The van der Waals surface area contributed by atoms with E-state index in [9.17, 15) is 4.79 Å². The predicted octanol–water partition coefficient (Wildman–Crippen LogP) is 1.19. The van der Waals surface area contributed by atoms with Gasteiger partial charge in [0.25, 0.3) is 0 Å². The Hall–Kier alpha value is -1.14. The summed E-state index contributed by atoms with van der Waals surface area (Å²) in [6, 6.07) is 3.53. The number of ether oxygens (including phenoxy) is 1. The van der Waals surface area contributed by atoms with Crippen LogP contribution in [0.3, 0.4) is 0 Å². The summed E-state index contributed by atoms with van der Waals surface area (Å²) in [4.78, 5) is 18.2. The van der Waals surface area contributed by atoms with Gasteiger partial charge in [-0.15, -0.1) is 0 Å². The first-order valence-electron chi connectivity index (χ1n) is 5.98. The van der Waals surface area contributed by atoms with E-state index in [2.05, 4.69) is 26.2 Å². The lowest BCUT2D eigenvalue weighted by Gasteiger charge is -2.35. The summed E-state index contributed by atoms with van der Waals surface area (Å²) < 4.78 is 6.02. The minimum atomic E-state index is -0.299. The molecule has 1 fully saturated rings. The van der Waals surface area contributed by atoms with Gasteiger partial charge in [-0.05, 0) is 35.0 Å². The van der Waals surface area contributed by atoms with Gasteiger partial charge < -0.3 is 15.0 Å². The van der Waals surface area contributed by atoms with E-state index >= 15 is 0 Å². The van der Waals surface area contributed by atoms with Crippen LogP contribution in [-0.2, 0) is 9.53 Å². The molecule has 1 N–H and O–H groups in total. The number of halogens is 1. The molecule has 1 aromatic heterocycles. The van der Waals surface area contributed by atoms with Crippen molar-refractivity contribution in [1.82, 2.24) is 10.3 Å². The van der Waals surface area contributed by atoms with Gasteiger partial charge in [0, 0.05) is 30.3 Å². The number of carbonyl (C=O) groups is 1. The van der Waals surface area contributed by atoms with Crippen LogP contribution in [0, 0.1) is 0 Å². The average Bonchev–Trinajstić information content (AvgIpc) is 2.40. The van der Waals surface area contributed by atoms with Crippen molar-refractivity contribution >= 4 is 27.7 Å². The number of nitrogens with zero attached hydrogens (tertiary/aromatic N) is 2. The van der Waals surface area contributed by atoms with Crippen LogP contribution < -0.4 is 10.2 Å². The Bertz CT molecular complexity index is 410. The highest BCUT2D eigenvalue weighted by atomic mass is 79.9. The third-order valence-electron chi connectivity index (χ3n) is 2.81. The second-order valence-electron chi connectivity index (χ2n) is 4.00. The molecule has 5 nitrogen and oxygen atoms in total. The van der Waals surface area contributed by atoms with Crippen LogP contribution in [0.1, 0.15) is 6.92 Å². The third-order valence-corrected chi connectivity index (χ3v) is 3.28. The van der Waals surface area contributed by atoms with Gasteiger partial charge in [-0.3, -0.25) is 0 Å². The maximum Gasteiger partial charge on any atom is 0.330 e. The standard InChI is InChI=1S/C12H16BrN3O2/c1-2-18-12(17)10-8-14-5-6-16(10)11-4-3-9(13)7-15-11/h3-4,7,10,14H,2,5-6,8H2,1H3. The molecular weight excluding hydrogens is 298 g/mol. The second kappa shape index (κ2) is 6.15. The fraction of sp³-hybridized carbons (Fsp3) is 0.500. The van der Waals surface area contributed by atoms with Crippen molar-refractivity contribution in [2.24, 2.45) is 0 Å². The molecule has 18 heavy (non-hydrogen) atoms. The molecule has 2 heterocycles. The number of nitrogens with one attached hydrogen (secondary N) is 1. The fourth-order valence-electron chi connectivity index (χ4n) is 1.97. The molecule has 2 rings (SSSR count). The Balaban J connectivity index is 2.17. The molecule has 0 aromatic carbocycles. The molecule has 0 saturated carbocycles. The van der Waals surface area contributed by atoms with Gasteiger partial charge in [-0.25, -0.2) is 9.78 Å². The molecule has 0 aliphatic carbocycles. The Kier molecular flexibility index (Phi) is 4.54. The van der Waals surface area contributed by atoms with Gasteiger partial charge in [0.15, 0.2) is 0 Å². The van der Waals surface area contributed by atoms with Crippen LogP contribution in [0.2, 0.25) is 0 Å². The highest BCUT2D eigenvalue weighted by Crippen LogP contribution is 2.18. The minimum absolute atomic E-state index is 0.200. The quantitative estimate of drug-likeness (QED) is 0.849. The molecule has 1 aliphatic rings. The Morgan fingerprint density at radius 2 is 2.50 bits per heavy atom. The van der Waals surface area contributed by atoms with E-state index in [1.807, 2.05) is 24.0 Å². The maximum atomic E-state index is 11.9. The summed E-state index contributed by atoms with van der Waals surface area (Å²) in [6.07, 6.45) is 1.74. The highest BCUT2D eigenvalue weighted by Gasteiger charge is 2.30. The molecule has 6 heteroatoms. The van der Waals surface area contributed by atoms with Crippen molar-refractivity contribution in [2.45, 2.75) is 13.0 Å². The summed E-state index contributed by atoms with van der Waals surface area (Å²) in [7, 11) is 0. The number of pyridine rings is 1. The monoisotopic (exact) mass is 313 g/mol. The molecule has 0 radical (unpaired) electrons. The van der Waals surface area contributed by atoms with Crippen LogP contribution in [0.15, 0.2) is 22.8 Å². The van der Waals surface area contributed by atoms with Crippen LogP contribution in [0.4, 0.5) is 5.82 Å². The molecule has 1 unspecified atom stereocenters. The smallest absolute Gasteiger partial charge is 0.330 e. The number of hydrogen-bond donors (Lipinski definition) is 1. The van der Waals surface area contributed by atoms with E-state index < -0.39 is 0 Å². The minimum Gasteiger partial charge on any atom is -0.464 e. The van der Waals surface area contributed by atoms with E-state index in [1.54, 1.807) is 6.20 Å². The topological polar surface area (TPSA) is 54.5 Å². The largest absolute Gasteiger partial charge is 0.464 e. The number of carbonyl (C=O) groups excluding carboxylic acids is 1. The highest BCUT2D eigenvalue weighted by molar-refractivity contribution is 9.10. The summed E-state index contributed by atoms with van der Waals surface area (Å²) in [5.74, 6) is 0.604. The number of rotatable bonds is 3. The first kappa shape index (κ1) is 13.3. The summed E-state index contributed by atoms with van der Waals surface area (Å²) in [5.41, 5.74) is 0. The predicted molar refractivity (Wildman–Crippen MR) is 72.6 cm³/mol. The first-order valence-corrected chi connectivity index (χ1v) is 6.77. The summed E-state index contributed by atoms with van der Waals surface area (Å²) >= 11 is 3.35. The summed E-state index contributed by atoms with van der Waals surface area (Å²) in [5, 5.41) is 3.21. The van der Waals surface area contributed by atoms with E-state index in [0.29, 0.717) is 13.2 Å². The number of piperazine rings is 1. The lowest BCUT2D eigenvalue weighted by atomic mass is 10.2. The Morgan fingerprint density at radius 1 is 1.67 bits per heavy atom. The van der Waals surface area contributed by atoms with Crippen molar-refractivity contribution < 1.29 is 9.53 Å². The van der Waals surface area contributed by atoms with Gasteiger partial charge in [0.2, 0.25) is 0 Å². The van der Waals surface area contributed by atoms with E-state index in [0.717, 1.165) is 23.4 Å². The van der Waals surface area contributed by atoms with Crippen LogP contribution in [-0.4, -0.2) is 43.2 Å². The van der Waals surface area contributed by atoms with E-state index in [-0.39, 0.29) is 12.0 Å². The van der Waals surface area contributed by atoms with Crippen LogP contribution in [0.25, 0.3) is 0 Å². The fourth-order valence-corrected chi connectivity index (χ4v) is 2.20. The summed E-state index contributed by atoms with van der Waals surface area (Å²) in [6.45, 7) is 4.40. The molecular formula is C12H16BrN3O2. The molecule has 98 valence electrons. The van der Waals surface area contributed by atoms with Gasteiger partial charge in [-0.2, -0.15) is 0 Å². The van der Waals surface area contributed by atoms with Crippen molar-refractivity contribution in [1.29, 1.82) is 0 Å². The van der Waals surface area contributed by atoms with E-state index in [1.165, 1.54) is 0 Å². The van der Waals surface area contributed by atoms with Gasteiger partial charge >= 0.3 is 5.97 Å². The number of aromatic nitrogens is 1. The Morgan fingerprint density at radius 3 is 3.17 bits per heavy atom. The second-order valence-corrected chi connectivity index (χ2v) is 4.92. The normalized spacial score (nSPS) is 19.7. The zero-order chi connectivity index (χ0) is 13.0. The molecule has 1 atom stereocenters. The molecule has 1 aliphatic heterocycles. The van der Waals surface area contributed by atoms with Crippen molar-refractivity contribution in [3.63, 3.8) is 0 Å². The SMILES string of the molecule is CCOC(=O)C1CNCCN1c1ccc(Br)cn1. The van der Waals surface area contributed by atoms with Gasteiger partial charge in [0.1, 0.15) is 11.9 Å². The molecule has 0 spiro atoms. The lowest BCUT2D eigenvalue weighted by Crippen LogP contribution is -2.55. The number of esters is 1. The Labute approximate surface area is 115 Å². The number of anilines is 1. The molecule has 0 bridgehead atoms. The van der Waals surface area contributed by atoms with Crippen LogP contribution >= 0.6 is 15.9 Å². The molecule has 1 aromatic rings. The number of hydrogen-bond acceptors (Lipinski definition) is 5.